The van der Waals surface area contributed by atoms with E-state index >= 15 is 0 Å². The molecular weight excluding hydrogens is 268 g/mol. The first-order valence-corrected chi connectivity index (χ1v) is 5.52. The van der Waals surface area contributed by atoms with Gasteiger partial charge in [0.2, 0.25) is 5.69 Å². The normalized spacial score (nSPS) is 11.4. The Morgan fingerprint density at radius 3 is 2.31 bits per heavy atom. The number of benzene rings is 1. The molecule has 0 atom stereocenters. The van der Waals surface area contributed by atoms with Gasteiger partial charge < -0.3 is 5.21 Å². The third-order valence-electron chi connectivity index (χ3n) is 2.05. The average Bonchev–Trinajstić information content (AvgIpc) is 2.31. The van der Waals surface area contributed by atoms with Crippen molar-refractivity contribution in [2.24, 2.45) is 0 Å². The maximum Gasteiger partial charge on any atom is 0.216 e. The van der Waals surface area contributed by atoms with Crippen molar-refractivity contribution in [2.75, 3.05) is 0 Å². The second-order valence-electron chi connectivity index (χ2n) is 3.21. The zero-order valence-electron chi connectivity index (χ0n) is 8.38. The predicted molar refractivity (Wildman–Crippen MR) is 66.8 cm³/mol. The van der Waals surface area contributed by atoms with Gasteiger partial charge in [-0.05, 0) is 24.3 Å². The molecule has 2 aromatic rings. The fraction of sp³-hybridized carbons (Fsp3) is 0. The van der Waals surface area contributed by atoms with Gasteiger partial charge in [-0.15, -0.1) is 0 Å². The van der Waals surface area contributed by atoms with Crippen LogP contribution in [0.15, 0.2) is 53.3 Å². The molecule has 16 heavy (non-hydrogen) atoms. The summed E-state index contributed by atoms with van der Waals surface area (Å²) in [6.45, 7) is 0. The van der Waals surface area contributed by atoms with Crippen LogP contribution < -0.4 is 0 Å². The molecule has 2 rings (SSSR count). The van der Waals surface area contributed by atoms with Crippen LogP contribution in [0.25, 0.3) is 0 Å². The lowest BCUT2D eigenvalue weighted by Gasteiger charge is -2.02. The van der Waals surface area contributed by atoms with Gasteiger partial charge in [0.1, 0.15) is 0 Å². The van der Waals surface area contributed by atoms with Gasteiger partial charge in [0.25, 0.3) is 0 Å². The molecule has 0 spiro atoms. The zero-order valence-corrected chi connectivity index (χ0v) is 9.96. The Morgan fingerprint density at radius 2 is 1.69 bits per heavy atom. The summed E-state index contributed by atoms with van der Waals surface area (Å²) >= 11 is 3.32. The molecule has 0 saturated carbocycles. The molecule has 0 unspecified atom stereocenters. The van der Waals surface area contributed by atoms with Crippen molar-refractivity contribution in [3.63, 3.8) is 0 Å². The first-order valence-electron chi connectivity index (χ1n) is 4.72. The van der Waals surface area contributed by atoms with Crippen LogP contribution in [-0.4, -0.2) is 15.9 Å². The highest BCUT2D eigenvalue weighted by atomic mass is 79.9. The molecular formula is C12H9BrN2O. The molecule has 1 heterocycles. The van der Waals surface area contributed by atoms with Crippen LogP contribution in [0.1, 0.15) is 5.56 Å². The first-order chi connectivity index (χ1) is 7.75. The van der Waals surface area contributed by atoms with Crippen molar-refractivity contribution in [3.8, 4) is 0 Å². The van der Waals surface area contributed by atoms with Gasteiger partial charge >= 0.3 is 0 Å². The van der Waals surface area contributed by atoms with Gasteiger partial charge in [0.05, 0.1) is 0 Å². The first kappa shape index (κ1) is 10.8. The minimum absolute atomic E-state index is 0.597. The summed E-state index contributed by atoms with van der Waals surface area (Å²) in [6.07, 6.45) is 4.83. The van der Waals surface area contributed by atoms with Gasteiger partial charge in [-0.25, -0.2) is 0 Å². The van der Waals surface area contributed by atoms with E-state index in [0.717, 1.165) is 14.8 Å². The third-order valence-corrected chi connectivity index (χ3v) is 2.58. The van der Waals surface area contributed by atoms with Gasteiger partial charge in [0.15, 0.2) is 6.21 Å². The van der Waals surface area contributed by atoms with E-state index < -0.39 is 0 Å². The molecule has 0 aliphatic heterocycles. The van der Waals surface area contributed by atoms with E-state index in [1.54, 1.807) is 36.7 Å². The van der Waals surface area contributed by atoms with E-state index in [0.29, 0.717) is 5.69 Å². The summed E-state index contributed by atoms with van der Waals surface area (Å²) in [5.41, 5.74) is 1.42. The number of rotatable bonds is 2. The molecule has 0 aliphatic rings. The van der Waals surface area contributed by atoms with Crippen LogP contribution in [0.3, 0.4) is 0 Å². The second-order valence-corrected chi connectivity index (χ2v) is 4.13. The molecule has 0 amide bonds. The summed E-state index contributed by atoms with van der Waals surface area (Å²) in [5.74, 6) is 0. The zero-order chi connectivity index (χ0) is 11.4. The van der Waals surface area contributed by atoms with E-state index in [1.165, 1.54) is 6.21 Å². The molecule has 0 saturated heterocycles. The average molecular weight is 277 g/mol. The van der Waals surface area contributed by atoms with Crippen molar-refractivity contribution < 1.29 is 4.74 Å². The highest BCUT2D eigenvalue weighted by Gasteiger charge is 2.00. The number of halogens is 1. The molecule has 1 aromatic carbocycles. The van der Waals surface area contributed by atoms with E-state index in [-0.39, 0.29) is 0 Å². The molecule has 1 aromatic heterocycles. The lowest BCUT2D eigenvalue weighted by atomic mass is 10.3. The standard InChI is InChI=1S/C12H9BrN2O/c13-11-1-3-12(4-2-11)15(16)9-10-5-7-14-8-6-10/h1-9H/b15-9+. The van der Waals surface area contributed by atoms with Gasteiger partial charge in [0, 0.05) is 34.6 Å². The molecule has 0 N–H and O–H groups in total. The molecule has 3 nitrogen and oxygen atoms in total. The Hall–Kier alpha value is -1.68. The number of nitrogens with zero attached hydrogens (tertiary/aromatic N) is 2. The summed E-state index contributed by atoms with van der Waals surface area (Å²) in [5, 5.41) is 11.8. The van der Waals surface area contributed by atoms with Crippen LogP contribution in [0.5, 0.6) is 0 Å². The highest BCUT2D eigenvalue weighted by molar-refractivity contribution is 9.10. The fourth-order valence-electron chi connectivity index (χ4n) is 1.25. The van der Waals surface area contributed by atoms with Gasteiger partial charge in [-0.3, -0.25) is 4.98 Å². The SMILES string of the molecule is [O-]/[N+](=C/c1ccncc1)c1ccc(Br)cc1. The predicted octanol–water partition coefficient (Wildman–Crippen LogP) is 3.11. The molecule has 0 fully saturated rings. The van der Waals surface area contributed by atoms with Crippen LogP contribution in [0, 0.1) is 5.21 Å². The number of pyridine rings is 1. The van der Waals surface area contributed by atoms with E-state index in [4.69, 9.17) is 0 Å². The minimum atomic E-state index is 0.597. The highest BCUT2D eigenvalue weighted by Crippen LogP contribution is 2.16. The quantitative estimate of drug-likeness (QED) is 0.366. The maximum atomic E-state index is 11.8. The van der Waals surface area contributed by atoms with Crippen LogP contribution in [-0.2, 0) is 0 Å². The second kappa shape index (κ2) is 4.90. The Kier molecular flexibility index (Phi) is 3.31. The minimum Gasteiger partial charge on any atom is -0.618 e. The van der Waals surface area contributed by atoms with Crippen molar-refractivity contribution >= 4 is 27.8 Å². The monoisotopic (exact) mass is 276 g/mol. The van der Waals surface area contributed by atoms with Crippen LogP contribution in [0.4, 0.5) is 5.69 Å². The van der Waals surface area contributed by atoms with Crippen molar-refractivity contribution in [1.29, 1.82) is 0 Å². The Morgan fingerprint density at radius 1 is 1.06 bits per heavy atom. The van der Waals surface area contributed by atoms with E-state index in [9.17, 15) is 5.21 Å². The molecule has 0 aliphatic carbocycles. The molecule has 80 valence electrons. The fourth-order valence-corrected chi connectivity index (χ4v) is 1.51. The summed E-state index contributed by atoms with van der Waals surface area (Å²) in [7, 11) is 0. The Bertz CT molecular complexity index is 494. The summed E-state index contributed by atoms with van der Waals surface area (Å²) in [6, 6.07) is 10.7. The van der Waals surface area contributed by atoms with E-state index in [2.05, 4.69) is 20.9 Å². The summed E-state index contributed by atoms with van der Waals surface area (Å²) < 4.78 is 1.79. The number of aromatic nitrogens is 1. The third kappa shape index (κ3) is 2.67. The van der Waals surface area contributed by atoms with Gasteiger partial charge in [-0.2, -0.15) is 4.74 Å². The number of hydrogen-bond donors (Lipinski definition) is 0. The Balaban J connectivity index is 2.28. The van der Waals surface area contributed by atoms with Crippen LogP contribution >= 0.6 is 15.9 Å². The summed E-state index contributed by atoms with van der Waals surface area (Å²) in [4.78, 5) is 3.89. The van der Waals surface area contributed by atoms with Crippen molar-refractivity contribution in [3.05, 3.63) is 64.0 Å². The van der Waals surface area contributed by atoms with Gasteiger partial charge in [-0.1, -0.05) is 15.9 Å². The lowest BCUT2D eigenvalue weighted by molar-refractivity contribution is -0.354. The molecule has 4 heteroatoms. The van der Waals surface area contributed by atoms with E-state index in [1.807, 2.05) is 12.1 Å². The van der Waals surface area contributed by atoms with Crippen molar-refractivity contribution in [1.82, 2.24) is 4.98 Å². The van der Waals surface area contributed by atoms with Crippen LogP contribution in [0.2, 0.25) is 0 Å². The smallest absolute Gasteiger partial charge is 0.216 e. The number of hydrogen-bond acceptors (Lipinski definition) is 2. The molecule has 0 radical (unpaired) electrons. The maximum absolute atomic E-state index is 11.8. The lowest BCUT2D eigenvalue weighted by Crippen LogP contribution is -1.98. The molecule has 0 bridgehead atoms. The largest absolute Gasteiger partial charge is 0.618 e. The topological polar surface area (TPSA) is 39.0 Å². The Labute approximate surface area is 102 Å². The van der Waals surface area contributed by atoms with Crippen molar-refractivity contribution in [2.45, 2.75) is 0 Å².